The van der Waals surface area contributed by atoms with Crippen molar-refractivity contribution in [1.82, 2.24) is 14.5 Å². The second-order valence-electron chi connectivity index (χ2n) is 7.01. The number of rotatable bonds is 8. The van der Waals surface area contributed by atoms with E-state index < -0.39 is 28.0 Å². The van der Waals surface area contributed by atoms with Gasteiger partial charge in [-0.3, -0.25) is 14.2 Å². The van der Waals surface area contributed by atoms with Crippen LogP contribution in [0.3, 0.4) is 0 Å². The zero-order chi connectivity index (χ0) is 23.0. The topological polar surface area (TPSA) is 112 Å². The van der Waals surface area contributed by atoms with E-state index in [0.29, 0.717) is 6.42 Å². The molecule has 0 saturated carbocycles. The first-order chi connectivity index (χ1) is 14.7. The average molecular weight is 447 g/mol. The summed E-state index contributed by atoms with van der Waals surface area (Å²) in [5.41, 5.74) is 0.811. The Kier molecular flexibility index (Phi) is 8.22. The Morgan fingerprint density at radius 3 is 2.61 bits per heavy atom. The number of carbonyl (C=O) groups excluding carboxylic acids is 2. The van der Waals surface area contributed by atoms with Crippen LogP contribution in [0.5, 0.6) is 5.88 Å². The van der Waals surface area contributed by atoms with E-state index in [0.717, 1.165) is 5.56 Å². The minimum Gasteiger partial charge on any atom is -0.479 e. The Bertz CT molecular complexity index is 1080. The van der Waals surface area contributed by atoms with Crippen molar-refractivity contribution < 1.29 is 23.3 Å². The van der Waals surface area contributed by atoms with E-state index in [1.165, 1.54) is 18.0 Å². The number of ether oxygens (including phenoxy) is 2. The van der Waals surface area contributed by atoms with Crippen molar-refractivity contribution in [3.05, 3.63) is 47.7 Å². The maximum atomic E-state index is 13.5. The molecule has 10 heteroatoms. The number of nitrogens with one attached hydrogen (secondary N) is 1. The molecule has 1 unspecified atom stereocenters. The molecule has 0 radical (unpaired) electrons. The molecule has 2 amide bonds. The van der Waals surface area contributed by atoms with Crippen LogP contribution in [0.15, 0.2) is 40.9 Å². The van der Waals surface area contributed by atoms with E-state index in [1.807, 2.05) is 18.2 Å². The van der Waals surface area contributed by atoms with E-state index in [2.05, 4.69) is 20.1 Å². The van der Waals surface area contributed by atoms with Gasteiger partial charge in [-0.2, -0.15) is 0 Å². The predicted molar refractivity (Wildman–Crippen MR) is 117 cm³/mol. The second-order valence-corrected chi connectivity index (χ2v) is 9.01. The third-order valence-corrected chi connectivity index (χ3v) is 6.20. The number of carbonyl (C=O) groups is 2. The first kappa shape index (κ1) is 24.0. The number of hydrogen-bond acceptors (Lipinski definition) is 6. The Morgan fingerprint density at radius 1 is 1.32 bits per heavy atom. The third kappa shape index (κ3) is 6.86. The van der Waals surface area contributed by atoms with Gasteiger partial charge in [0, 0.05) is 19.7 Å². The van der Waals surface area contributed by atoms with Crippen LogP contribution in [0.1, 0.15) is 42.3 Å². The molecule has 1 N–H and O–H groups in total. The molecule has 166 valence electrons. The van der Waals surface area contributed by atoms with Gasteiger partial charge in [-0.25, -0.2) is 9.00 Å². The molecule has 0 spiro atoms. The van der Waals surface area contributed by atoms with Gasteiger partial charge in [0.1, 0.15) is 21.6 Å². The quantitative estimate of drug-likeness (QED) is 0.624. The number of aryl methyl sites for hydroxylation is 1. The molecule has 31 heavy (non-hydrogen) atoms. The number of terminal acetylenes is 1. The molecule has 0 fully saturated rings. The summed E-state index contributed by atoms with van der Waals surface area (Å²) in [5.74, 6) is 1.40. The minimum absolute atomic E-state index is 0.0544. The average Bonchev–Trinajstić information content (AvgIpc) is 3.09. The molecule has 1 aromatic heterocycles. The van der Waals surface area contributed by atoms with Gasteiger partial charge in [0.15, 0.2) is 0 Å². The van der Waals surface area contributed by atoms with Crippen LogP contribution in [0, 0.1) is 18.3 Å². The summed E-state index contributed by atoms with van der Waals surface area (Å²) in [7, 11) is -0.569. The lowest BCUT2D eigenvalue weighted by molar-refractivity contribution is 0.0979. The standard InChI is InChI=1S/C21H26N4O5S/c1-6-10-15(2)14-31(28,23-19(26)18-13-25(4)22-20(18)29-5)24-21(27)30-16(3)17-11-8-7-9-12-17/h1,7-9,11-13,15-16H,10,14H2,2-5H3,(H,23,24,26,27,28)/t15-,16-,31?/m0/s1. The molecule has 0 aliphatic carbocycles. The van der Waals surface area contributed by atoms with Crippen LogP contribution in [0.4, 0.5) is 4.79 Å². The largest absolute Gasteiger partial charge is 0.479 e. The lowest BCUT2D eigenvalue weighted by Crippen LogP contribution is -2.35. The fraction of sp³-hybridized carbons (Fsp3) is 0.381. The van der Waals surface area contributed by atoms with Crippen molar-refractivity contribution in [3.8, 4) is 18.2 Å². The Balaban J connectivity index is 2.29. The van der Waals surface area contributed by atoms with Crippen LogP contribution >= 0.6 is 0 Å². The monoisotopic (exact) mass is 446 g/mol. The smallest absolute Gasteiger partial charge is 0.443 e. The molecule has 0 bridgehead atoms. The summed E-state index contributed by atoms with van der Waals surface area (Å²) < 4.78 is 31.3. The van der Waals surface area contributed by atoms with Gasteiger partial charge in [-0.15, -0.1) is 21.8 Å². The van der Waals surface area contributed by atoms with Gasteiger partial charge in [0.25, 0.3) is 5.91 Å². The Hall–Kier alpha value is -3.32. The van der Waals surface area contributed by atoms with Gasteiger partial charge in [-0.05, 0) is 18.4 Å². The van der Waals surface area contributed by atoms with Crippen molar-refractivity contribution in [3.63, 3.8) is 0 Å². The maximum absolute atomic E-state index is 13.5. The van der Waals surface area contributed by atoms with E-state index in [-0.39, 0.29) is 23.1 Å². The summed E-state index contributed by atoms with van der Waals surface area (Å²) in [6.45, 7) is 3.42. The zero-order valence-electron chi connectivity index (χ0n) is 17.9. The molecule has 2 aromatic rings. The number of benzene rings is 1. The number of nitrogens with zero attached hydrogens (tertiary/aromatic N) is 3. The molecule has 0 aliphatic heterocycles. The molecular formula is C21H26N4O5S. The first-order valence-electron chi connectivity index (χ1n) is 9.51. The number of methoxy groups -OCH3 is 1. The number of aromatic nitrogens is 2. The van der Waals surface area contributed by atoms with Gasteiger partial charge in [0.2, 0.25) is 5.88 Å². The summed E-state index contributed by atoms with van der Waals surface area (Å²) in [4.78, 5) is 25.2. The SMILES string of the molecule is C#CC[C@H](C)CS(=O)(=NC(=O)O[C@@H](C)c1ccccc1)NC(=O)c1cn(C)nc1OC. The molecular weight excluding hydrogens is 420 g/mol. The van der Waals surface area contributed by atoms with Crippen molar-refractivity contribution in [2.24, 2.45) is 17.3 Å². The molecule has 1 aromatic carbocycles. The highest BCUT2D eigenvalue weighted by atomic mass is 32.2. The van der Waals surface area contributed by atoms with E-state index in [1.54, 1.807) is 33.0 Å². The summed E-state index contributed by atoms with van der Waals surface area (Å²) in [6.07, 6.45) is 5.38. The molecule has 3 atom stereocenters. The van der Waals surface area contributed by atoms with Crippen molar-refractivity contribution in [1.29, 1.82) is 0 Å². The summed E-state index contributed by atoms with van der Waals surface area (Å²) >= 11 is 0. The Morgan fingerprint density at radius 2 is 2.00 bits per heavy atom. The fourth-order valence-electron chi connectivity index (χ4n) is 2.81. The summed E-state index contributed by atoms with van der Waals surface area (Å²) in [6, 6.07) is 9.04. The predicted octanol–water partition coefficient (Wildman–Crippen LogP) is 3.10. The minimum atomic E-state index is -3.54. The molecule has 0 aliphatic rings. The van der Waals surface area contributed by atoms with E-state index in [9.17, 15) is 13.8 Å². The van der Waals surface area contributed by atoms with Crippen LogP contribution in [-0.2, 0) is 21.7 Å². The van der Waals surface area contributed by atoms with Crippen LogP contribution in [-0.4, -0.2) is 38.9 Å². The molecule has 9 nitrogen and oxygen atoms in total. The molecule has 0 saturated heterocycles. The normalized spacial score (nSPS) is 14.4. The van der Waals surface area contributed by atoms with Gasteiger partial charge >= 0.3 is 6.09 Å². The van der Waals surface area contributed by atoms with E-state index >= 15 is 0 Å². The third-order valence-electron chi connectivity index (χ3n) is 4.23. The van der Waals surface area contributed by atoms with Crippen molar-refractivity contribution in [2.75, 3.05) is 12.9 Å². The van der Waals surface area contributed by atoms with Crippen LogP contribution in [0.25, 0.3) is 0 Å². The van der Waals surface area contributed by atoms with Crippen LogP contribution < -0.4 is 9.46 Å². The van der Waals surface area contributed by atoms with E-state index in [4.69, 9.17) is 15.9 Å². The van der Waals surface area contributed by atoms with Gasteiger partial charge in [-0.1, -0.05) is 37.3 Å². The van der Waals surface area contributed by atoms with Crippen LogP contribution in [0.2, 0.25) is 0 Å². The highest BCUT2D eigenvalue weighted by Crippen LogP contribution is 2.19. The summed E-state index contributed by atoms with van der Waals surface area (Å²) in [5, 5.41) is 4.00. The second kappa shape index (κ2) is 10.6. The van der Waals surface area contributed by atoms with Gasteiger partial charge < -0.3 is 9.47 Å². The first-order valence-corrected chi connectivity index (χ1v) is 11.2. The molecule has 1 heterocycles. The van der Waals surface area contributed by atoms with Crippen molar-refractivity contribution in [2.45, 2.75) is 26.4 Å². The molecule has 2 rings (SSSR count). The number of amides is 2. The lowest BCUT2D eigenvalue weighted by Gasteiger charge is -2.16. The number of hydrogen-bond donors (Lipinski definition) is 1. The highest BCUT2D eigenvalue weighted by Gasteiger charge is 2.24. The zero-order valence-corrected chi connectivity index (χ0v) is 18.7. The maximum Gasteiger partial charge on any atom is 0.443 e. The van der Waals surface area contributed by atoms with Gasteiger partial charge in [0.05, 0.1) is 12.9 Å². The lowest BCUT2D eigenvalue weighted by atomic mass is 10.1. The Labute approximate surface area is 182 Å². The van der Waals surface area contributed by atoms with Crippen molar-refractivity contribution >= 4 is 21.9 Å². The fourth-order valence-corrected chi connectivity index (χ4v) is 4.58. The highest BCUT2D eigenvalue weighted by molar-refractivity contribution is 7.92.